The van der Waals surface area contributed by atoms with Crippen LogP contribution in [0.15, 0.2) is 36.5 Å². The van der Waals surface area contributed by atoms with E-state index in [0.29, 0.717) is 11.4 Å². The third kappa shape index (κ3) is 1.50. The minimum absolute atomic E-state index is 0.517. The largest absolute Gasteiger partial charge is 0.239 e. The molecule has 0 N–H and O–H groups in total. The molecule has 1 aliphatic rings. The molecule has 2 heterocycles. The monoisotopic (exact) mass is 271 g/mol. The molecule has 0 saturated carbocycles. The lowest BCUT2D eigenvalue weighted by Gasteiger charge is -2.01. The first-order valence-electron chi connectivity index (χ1n) is 6.65. The summed E-state index contributed by atoms with van der Waals surface area (Å²) >= 11 is 0. The lowest BCUT2D eigenvalue weighted by Crippen LogP contribution is -2.36. The molecule has 0 fully saturated rings. The van der Waals surface area contributed by atoms with E-state index >= 15 is 0 Å². The van der Waals surface area contributed by atoms with Crippen molar-refractivity contribution in [3.63, 3.8) is 0 Å². The van der Waals surface area contributed by atoms with Crippen LogP contribution in [0.25, 0.3) is 26.3 Å². The highest BCUT2D eigenvalue weighted by atomic mass is 15.4. The van der Waals surface area contributed by atoms with Crippen molar-refractivity contribution in [1.82, 2.24) is 4.68 Å². The number of hydrogen-bond acceptors (Lipinski definition) is 0. The predicted octanol–water partition coefficient (Wildman–Crippen LogP) is 3.69. The van der Waals surface area contributed by atoms with Crippen LogP contribution in [0.4, 0.5) is 11.4 Å². The SMILES string of the molecule is [C-]#[N+]c1cc([N+]#[C-])c2c(c1)c[n+]1n2-c2cc(C)ccc2C1. The van der Waals surface area contributed by atoms with Crippen LogP contribution >= 0.6 is 0 Å². The van der Waals surface area contributed by atoms with Crippen molar-refractivity contribution >= 4 is 22.3 Å². The van der Waals surface area contributed by atoms with Crippen LogP contribution in [0.3, 0.4) is 0 Å². The van der Waals surface area contributed by atoms with Crippen LogP contribution in [0.2, 0.25) is 0 Å². The fourth-order valence-corrected chi connectivity index (χ4v) is 3.01. The van der Waals surface area contributed by atoms with Crippen molar-refractivity contribution in [2.75, 3.05) is 0 Å². The van der Waals surface area contributed by atoms with Crippen molar-refractivity contribution in [3.8, 4) is 5.69 Å². The Bertz CT molecular complexity index is 996. The summed E-state index contributed by atoms with van der Waals surface area (Å²) in [4.78, 5) is 7.08. The Hall–Kier alpha value is -3.11. The molecule has 0 radical (unpaired) electrons. The minimum atomic E-state index is 0.517. The molecule has 0 spiro atoms. The summed E-state index contributed by atoms with van der Waals surface area (Å²) in [5, 5.41) is 0.946. The van der Waals surface area contributed by atoms with Crippen LogP contribution in [-0.2, 0) is 6.54 Å². The van der Waals surface area contributed by atoms with Gasteiger partial charge in [0.1, 0.15) is 11.2 Å². The van der Waals surface area contributed by atoms with Crippen molar-refractivity contribution in [1.29, 1.82) is 0 Å². The zero-order chi connectivity index (χ0) is 14.6. The molecule has 0 saturated heterocycles. The topological polar surface area (TPSA) is 17.5 Å². The molecule has 2 aromatic carbocycles. The smallest absolute Gasteiger partial charge is 0.207 e. The third-order valence-electron chi connectivity index (χ3n) is 3.91. The summed E-state index contributed by atoms with van der Waals surface area (Å²) in [6.07, 6.45) is 2.02. The number of hydrogen-bond donors (Lipinski definition) is 0. The van der Waals surface area contributed by atoms with Crippen molar-refractivity contribution in [2.24, 2.45) is 0 Å². The average Bonchev–Trinajstić information content (AvgIpc) is 3.01. The van der Waals surface area contributed by atoms with E-state index in [9.17, 15) is 0 Å². The number of aromatic nitrogens is 2. The predicted molar refractivity (Wildman–Crippen MR) is 79.8 cm³/mol. The average molecular weight is 271 g/mol. The van der Waals surface area contributed by atoms with Gasteiger partial charge >= 0.3 is 0 Å². The lowest BCUT2D eigenvalue weighted by molar-refractivity contribution is -0.749. The van der Waals surface area contributed by atoms with Gasteiger partial charge < -0.3 is 0 Å². The van der Waals surface area contributed by atoms with E-state index in [-0.39, 0.29) is 0 Å². The van der Waals surface area contributed by atoms with Crippen LogP contribution < -0.4 is 4.68 Å². The normalized spacial score (nSPS) is 11.8. The van der Waals surface area contributed by atoms with Crippen molar-refractivity contribution < 1.29 is 4.68 Å². The van der Waals surface area contributed by atoms with Gasteiger partial charge in [-0.15, -0.1) is 9.36 Å². The van der Waals surface area contributed by atoms with Crippen LogP contribution in [-0.4, -0.2) is 4.68 Å². The molecule has 1 aliphatic heterocycles. The second-order valence-electron chi connectivity index (χ2n) is 5.30. The van der Waals surface area contributed by atoms with E-state index in [1.807, 2.05) is 12.3 Å². The maximum atomic E-state index is 7.42. The molecule has 0 amide bonds. The maximum Gasteiger partial charge on any atom is 0.207 e. The van der Waals surface area contributed by atoms with E-state index in [2.05, 4.69) is 44.2 Å². The van der Waals surface area contributed by atoms with Gasteiger partial charge in [0.2, 0.25) is 11.9 Å². The van der Waals surface area contributed by atoms with Gasteiger partial charge in [-0.1, -0.05) is 12.1 Å². The number of aryl methyl sites for hydroxylation is 1. The fourth-order valence-electron chi connectivity index (χ4n) is 3.01. The first-order chi connectivity index (χ1) is 10.2. The highest BCUT2D eigenvalue weighted by Gasteiger charge is 2.29. The van der Waals surface area contributed by atoms with E-state index in [1.54, 1.807) is 6.07 Å². The van der Waals surface area contributed by atoms with Crippen LogP contribution in [0, 0.1) is 20.1 Å². The molecular weight excluding hydrogens is 260 g/mol. The first kappa shape index (κ1) is 11.7. The molecule has 4 heteroatoms. The highest BCUT2D eigenvalue weighted by Crippen LogP contribution is 2.35. The minimum Gasteiger partial charge on any atom is -0.239 e. The van der Waals surface area contributed by atoms with Crippen molar-refractivity contribution in [3.05, 3.63) is 70.5 Å². The van der Waals surface area contributed by atoms with Gasteiger partial charge in [0.15, 0.2) is 12.2 Å². The number of benzene rings is 2. The van der Waals surface area contributed by atoms with Gasteiger partial charge in [-0.2, -0.15) is 0 Å². The van der Waals surface area contributed by atoms with Gasteiger partial charge in [-0.25, -0.2) is 9.69 Å². The quantitative estimate of drug-likeness (QED) is 0.343. The molecule has 0 unspecified atom stereocenters. The Morgan fingerprint density at radius 1 is 1.14 bits per heavy atom. The Kier molecular flexibility index (Phi) is 2.20. The third-order valence-corrected chi connectivity index (χ3v) is 3.91. The fraction of sp³-hybridized carbons (Fsp3) is 0.118. The zero-order valence-electron chi connectivity index (χ0n) is 11.5. The van der Waals surface area contributed by atoms with Gasteiger partial charge in [0.05, 0.1) is 13.1 Å². The second-order valence-corrected chi connectivity index (χ2v) is 5.30. The van der Waals surface area contributed by atoms with E-state index in [4.69, 9.17) is 13.1 Å². The summed E-state index contributed by atoms with van der Waals surface area (Å²) in [6.45, 7) is 17.5. The Balaban J connectivity index is 2.14. The maximum absolute atomic E-state index is 7.42. The first-order valence-corrected chi connectivity index (χ1v) is 6.65. The molecular formula is C17H11N4+. The summed E-state index contributed by atoms with van der Waals surface area (Å²) in [7, 11) is 0. The number of fused-ring (bicyclic) bond motifs is 5. The Morgan fingerprint density at radius 3 is 2.76 bits per heavy atom. The van der Waals surface area contributed by atoms with E-state index in [1.165, 1.54) is 11.1 Å². The van der Waals surface area contributed by atoms with E-state index < -0.39 is 0 Å². The molecule has 0 bridgehead atoms. The summed E-state index contributed by atoms with van der Waals surface area (Å²) in [5.74, 6) is 0. The van der Waals surface area contributed by atoms with Gasteiger partial charge in [-0.05, 0) is 30.7 Å². The molecule has 21 heavy (non-hydrogen) atoms. The van der Waals surface area contributed by atoms with Crippen LogP contribution in [0.5, 0.6) is 0 Å². The zero-order valence-corrected chi connectivity index (χ0v) is 11.5. The standard InChI is InChI=1S/C17H11N4/c1-11-4-5-12-9-20-10-13-7-14(18-2)8-15(19-3)17(13)21(20)16(12)6-11/h4-8,10H,9H2,1H3/q+1. The molecule has 4 nitrogen and oxygen atoms in total. The number of nitrogens with zero attached hydrogens (tertiary/aromatic N) is 4. The van der Waals surface area contributed by atoms with Crippen LogP contribution in [0.1, 0.15) is 11.1 Å². The molecule has 3 aromatic rings. The van der Waals surface area contributed by atoms with Gasteiger partial charge in [-0.3, -0.25) is 0 Å². The summed E-state index contributed by atoms with van der Waals surface area (Å²) < 4.78 is 4.20. The van der Waals surface area contributed by atoms with Gasteiger partial charge in [0, 0.05) is 10.9 Å². The summed E-state index contributed by atoms with van der Waals surface area (Å²) in [5.41, 5.74) is 5.53. The molecule has 1 aromatic heterocycles. The van der Waals surface area contributed by atoms with Gasteiger partial charge in [0.25, 0.3) is 0 Å². The highest BCUT2D eigenvalue weighted by molar-refractivity contribution is 5.95. The molecule has 0 aliphatic carbocycles. The molecule has 0 atom stereocenters. The number of rotatable bonds is 0. The molecule has 98 valence electrons. The Morgan fingerprint density at radius 2 is 2.00 bits per heavy atom. The lowest BCUT2D eigenvalue weighted by atomic mass is 10.1. The summed E-state index contributed by atoms with van der Waals surface area (Å²) in [6, 6.07) is 9.92. The van der Waals surface area contributed by atoms with E-state index in [0.717, 1.165) is 23.1 Å². The molecule has 4 rings (SSSR count). The Labute approximate surface area is 122 Å². The van der Waals surface area contributed by atoms with Crippen molar-refractivity contribution in [2.45, 2.75) is 13.5 Å². The second kappa shape index (κ2) is 3.94.